The first-order chi connectivity index (χ1) is 13.3. The molecule has 1 aliphatic heterocycles. The molecule has 2 unspecified atom stereocenters. The Balaban J connectivity index is 1.51. The fourth-order valence-corrected chi connectivity index (χ4v) is 4.00. The molecule has 1 aliphatic carbocycles. The van der Waals surface area contributed by atoms with Gasteiger partial charge in [0, 0.05) is 32.2 Å². The molecular formula is C24H28N2O. The number of rotatable bonds is 6. The van der Waals surface area contributed by atoms with E-state index in [1.807, 2.05) is 6.07 Å². The number of piperazine rings is 1. The lowest BCUT2D eigenvalue weighted by Gasteiger charge is -2.43. The van der Waals surface area contributed by atoms with Crippen LogP contribution in [0.15, 0.2) is 85.0 Å². The number of allylic oxidation sites excluding steroid dienone is 2. The number of hydrogen-bond donors (Lipinski definition) is 1. The smallest absolute Gasteiger partial charge is 0.103 e. The zero-order valence-corrected chi connectivity index (χ0v) is 15.8. The lowest BCUT2D eigenvalue weighted by atomic mass is 9.92. The van der Waals surface area contributed by atoms with Crippen LogP contribution in [0.4, 0.5) is 0 Å². The average molecular weight is 361 g/mol. The van der Waals surface area contributed by atoms with Crippen molar-refractivity contribution in [2.24, 2.45) is 0 Å². The second-order valence-electron chi connectivity index (χ2n) is 7.43. The summed E-state index contributed by atoms with van der Waals surface area (Å²) in [5, 5.41) is 3.56. The Morgan fingerprint density at radius 2 is 1.78 bits per heavy atom. The van der Waals surface area contributed by atoms with Gasteiger partial charge in [-0.05, 0) is 17.5 Å². The van der Waals surface area contributed by atoms with E-state index in [9.17, 15) is 0 Å². The Labute approximate surface area is 162 Å². The minimum atomic E-state index is -0.269. The maximum Gasteiger partial charge on any atom is 0.103 e. The topological polar surface area (TPSA) is 24.5 Å². The Kier molecular flexibility index (Phi) is 5.83. The molecule has 0 aromatic heterocycles. The van der Waals surface area contributed by atoms with Crippen molar-refractivity contribution in [1.29, 1.82) is 0 Å². The zero-order valence-electron chi connectivity index (χ0n) is 15.8. The standard InChI is InChI=1S/C24H28N2O/c1-4-10-21(11-5-1)19-27-24(14-8-3-9-15-24)20-26-17-16-25-18-23(26)22-12-6-2-7-13-22/h1-14,23,25H,15-20H2. The third kappa shape index (κ3) is 4.56. The van der Waals surface area contributed by atoms with Crippen LogP contribution in [-0.4, -0.2) is 36.7 Å². The summed E-state index contributed by atoms with van der Waals surface area (Å²) in [4.78, 5) is 2.58. The molecule has 2 atom stereocenters. The van der Waals surface area contributed by atoms with Crippen molar-refractivity contribution < 1.29 is 4.74 Å². The summed E-state index contributed by atoms with van der Waals surface area (Å²) in [6.07, 6.45) is 9.65. The Hall–Kier alpha value is -2.20. The molecule has 0 saturated carbocycles. The van der Waals surface area contributed by atoms with Crippen molar-refractivity contribution in [3.8, 4) is 0 Å². The minimum Gasteiger partial charge on any atom is -0.365 e. The highest BCUT2D eigenvalue weighted by Gasteiger charge is 2.34. The van der Waals surface area contributed by atoms with Gasteiger partial charge in [0.25, 0.3) is 0 Å². The second kappa shape index (κ2) is 8.66. The highest BCUT2D eigenvalue weighted by molar-refractivity contribution is 5.23. The van der Waals surface area contributed by atoms with E-state index in [0.717, 1.165) is 32.6 Å². The van der Waals surface area contributed by atoms with E-state index >= 15 is 0 Å². The van der Waals surface area contributed by atoms with Crippen LogP contribution in [-0.2, 0) is 11.3 Å². The molecule has 0 bridgehead atoms. The molecule has 0 radical (unpaired) electrons. The maximum absolute atomic E-state index is 6.54. The Bertz CT molecular complexity index is 771. The fraction of sp³-hybridized carbons (Fsp3) is 0.333. The first-order valence-corrected chi connectivity index (χ1v) is 9.87. The van der Waals surface area contributed by atoms with E-state index < -0.39 is 0 Å². The van der Waals surface area contributed by atoms with Crippen LogP contribution in [0.5, 0.6) is 0 Å². The summed E-state index contributed by atoms with van der Waals surface area (Å²) in [6.45, 7) is 4.59. The highest BCUT2D eigenvalue weighted by atomic mass is 16.5. The highest BCUT2D eigenvalue weighted by Crippen LogP contribution is 2.30. The summed E-state index contributed by atoms with van der Waals surface area (Å²) in [6, 6.07) is 21.7. The van der Waals surface area contributed by atoms with Crippen LogP contribution in [0.25, 0.3) is 0 Å². The SMILES string of the molecule is C1=CCC(CN2CCNCC2c2ccccc2)(OCc2ccccc2)C=C1. The van der Waals surface area contributed by atoms with Gasteiger partial charge in [-0.2, -0.15) is 0 Å². The van der Waals surface area contributed by atoms with Gasteiger partial charge < -0.3 is 10.1 Å². The number of hydrogen-bond acceptors (Lipinski definition) is 3. The van der Waals surface area contributed by atoms with Gasteiger partial charge in [-0.1, -0.05) is 85.0 Å². The van der Waals surface area contributed by atoms with Gasteiger partial charge in [-0.15, -0.1) is 0 Å². The second-order valence-corrected chi connectivity index (χ2v) is 7.43. The molecule has 1 heterocycles. The van der Waals surface area contributed by atoms with Gasteiger partial charge in [0.1, 0.15) is 5.60 Å². The number of nitrogens with zero attached hydrogens (tertiary/aromatic N) is 1. The van der Waals surface area contributed by atoms with E-state index in [4.69, 9.17) is 4.74 Å². The Morgan fingerprint density at radius 3 is 2.52 bits per heavy atom. The molecule has 4 rings (SSSR count). The van der Waals surface area contributed by atoms with Gasteiger partial charge in [0.15, 0.2) is 0 Å². The molecule has 2 aromatic carbocycles. The predicted molar refractivity (Wildman–Crippen MR) is 110 cm³/mol. The van der Waals surface area contributed by atoms with Crippen molar-refractivity contribution in [2.45, 2.75) is 24.7 Å². The van der Waals surface area contributed by atoms with Gasteiger partial charge in [0.05, 0.1) is 6.61 Å². The zero-order chi connectivity index (χ0) is 18.4. The van der Waals surface area contributed by atoms with Crippen LogP contribution in [0.1, 0.15) is 23.6 Å². The molecule has 2 aromatic rings. The van der Waals surface area contributed by atoms with Gasteiger partial charge in [0.2, 0.25) is 0 Å². The third-order valence-electron chi connectivity index (χ3n) is 5.49. The molecule has 3 nitrogen and oxygen atoms in total. The van der Waals surface area contributed by atoms with Crippen molar-refractivity contribution in [1.82, 2.24) is 10.2 Å². The third-order valence-corrected chi connectivity index (χ3v) is 5.49. The molecule has 0 spiro atoms. The minimum absolute atomic E-state index is 0.269. The summed E-state index contributed by atoms with van der Waals surface area (Å²) >= 11 is 0. The molecule has 1 fully saturated rings. The van der Waals surface area contributed by atoms with E-state index in [1.54, 1.807) is 0 Å². The van der Waals surface area contributed by atoms with Gasteiger partial charge in [-0.3, -0.25) is 4.90 Å². The van der Waals surface area contributed by atoms with Crippen LogP contribution in [0, 0.1) is 0 Å². The first kappa shape index (κ1) is 18.2. The first-order valence-electron chi connectivity index (χ1n) is 9.87. The fourth-order valence-electron chi connectivity index (χ4n) is 4.00. The van der Waals surface area contributed by atoms with Crippen molar-refractivity contribution >= 4 is 0 Å². The molecule has 140 valence electrons. The largest absolute Gasteiger partial charge is 0.365 e. The molecule has 0 amide bonds. The average Bonchev–Trinajstić information content (AvgIpc) is 2.75. The van der Waals surface area contributed by atoms with Crippen LogP contribution >= 0.6 is 0 Å². The summed E-state index contributed by atoms with van der Waals surface area (Å²) in [5.74, 6) is 0. The maximum atomic E-state index is 6.54. The van der Waals surface area contributed by atoms with E-state index in [0.29, 0.717) is 12.6 Å². The predicted octanol–water partition coefficient (Wildman–Crippen LogP) is 4.10. The van der Waals surface area contributed by atoms with E-state index in [-0.39, 0.29) is 5.60 Å². The number of nitrogens with one attached hydrogen (secondary N) is 1. The number of ether oxygens (including phenoxy) is 1. The molecule has 2 aliphatic rings. The molecular weight excluding hydrogens is 332 g/mol. The van der Waals surface area contributed by atoms with Gasteiger partial charge >= 0.3 is 0 Å². The summed E-state index contributed by atoms with van der Waals surface area (Å²) < 4.78 is 6.54. The van der Waals surface area contributed by atoms with Gasteiger partial charge in [-0.25, -0.2) is 0 Å². The van der Waals surface area contributed by atoms with Crippen LogP contribution < -0.4 is 5.32 Å². The van der Waals surface area contributed by atoms with Crippen LogP contribution in [0.3, 0.4) is 0 Å². The van der Waals surface area contributed by atoms with Crippen molar-refractivity contribution in [3.63, 3.8) is 0 Å². The van der Waals surface area contributed by atoms with Crippen molar-refractivity contribution in [3.05, 3.63) is 96.1 Å². The van der Waals surface area contributed by atoms with Crippen molar-refractivity contribution in [2.75, 3.05) is 26.2 Å². The normalized spacial score (nSPS) is 25.6. The molecule has 27 heavy (non-hydrogen) atoms. The lowest BCUT2D eigenvalue weighted by Crippen LogP contribution is -2.52. The van der Waals surface area contributed by atoms with E-state index in [1.165, 1.54) is 11.1 Å². The Morgan fingerprint density at radius 1 is 1.00 bits per heavy atom. The summed E-state index contributed by atoms with van der Waals surface area (Å²) in [5.41, 5.74) is 2.33. The number of benzene rings is 2. The molecule has 1 saturated heterocycles. The quantitative estimate of drug-likeness (QED) is 0.839. The van der Waals surface area contributed by atoms with E-state index in [2.05, 4.69) is 89.1 Å². The molecule has 1 N–H and O–H groups in total. The molecule has 3 heteroatoms. The van der Waals surface area contributed by atoms with Crippen LogP contribution in [0.2, 0.25) is 0 Å². The lowest BCUT2D eigenvalue weighted by molar-refractivity contribution is -0.0516. The monoisotopic (exact) mass is 360 g/mol. The summed E-state index contributed by atoms with van der Waals surface area (Å²) in [7, 11) is 0.